The highest BCUT2D eigenvalue weighted by Gasteiger charge is 2.15. The molecule has 0 aliphatic heterocycles. The molecule has 1 atom stereocenters. The fourth-order valence-corrected chi connectivity index (χ4v) is 3.72. The van der Waals surface area contributed by atoms with Crippen molar-refractivity contribution < 1.29 is 18.3 Å². The first-order valence-corrected chi connectivity index (χ1v) is 11.0. The van der Waals surface area contributed by atoms with E-state index in [0.29, 0.717) is 17.7 Å². The Morgan fingerprint density at radius 1 is 1.00 bits per heavy atom. The lowest BCUT2D eigenvalue weighted by atomic mass is 10.1. The van der Waals surface area contributed by atoms with Crippen LogP contribution in [0.2, 0.25) is 0 Å². The third-order valence-electron chi connectivity index (χ3n) is 5.55. The molecule has 4 aromatic rings. The molecule has 174 valence electrons. The van der Waals surface area contributed by atoms with Gasteiger partial charge in [0, 0.05) is 18.4 Å². The summed E-state index contributed by atoms with van der Waals surface area (Å²) in [5.74, 6) is -0.0713. The van der Waals surface area contributed by atoms with Gasteiger partial charge in [0.05, 0.1) is 30.2 Å². The van der Waals surface area contributed by atoms with Crippen LogP contribution in [0.1, 0.15) is 30.6 Å². The number of nitrogens with one attached hydrogen (secondary N) is 1. The minimum absolute atomic E-state index is 0.136. The zero-order valence-corrected chi connectivity index (χ0v) is 19.0. The number of hydrogen-bond acceptors (Lipinski definition) is 3. The molecule has 1 unspecified atom stereocenters. The van der Waals surface area contributed by atoms with Crippen molar-refractivity contribution in [3.63, 3.8) is 0 Å². The molecule has 0 spiro atoms. The van der Waals surface area contributed by atoms with Crippen LogP contribution in [0.15, 0.2) is 78.9 Å². The molecule has 1 amide bonds. The lowest BCUT2D eigenvalue weighted by Gasteiger charge is -2.14. The Kier molecular flexibility index (Phi) is 7.01. The first-order valence-electron chi connectivity index (χ1n) is 11.0. The van der Waals surface area contributed by atoms with Crippen LogP contribution >= 0.6 is 0 Å². The number of hydrogen-bond donors (Lipinski definition) is 1. The maximum Gasteiger partial charge on any atom is 0.220 e. The van der Waals surface area contributed by atoms with Gasteiger partial charge in [0.15, 0.2) is 0 Å². The molecule has 0 saturated carbocycles. The molecular weight excluding hydrogens is 436 g/mol. The van der Waals surface area contributed by atoms with Crippen molar-refractivity contribution in [1.82, 2.24) is 15.1 Å². The van der Waals surface area contributed by atoms with Crippen LogP contribution in [-0.2, 0) is 11.2 Å². The Labute approximate surface area is 197 Å². The zero-order valence-electron chi connectivity index (χ0n) is 19.0. The Bertz CT molecular complexity index is 1270. The van der Waals surface area contributed by atoms with E-state index in [1.807, 2.05) is 43.3 Å². The fourth-order valence-electron chi connectivity index (χ4n) is 3.72. The van der Waals surface area contributed by atoms with Gasteiger partial charge in [-0.25, -0.2) is 13.5 Å². The van der Waals surface area contributed by atoms with E-state index in [-0.39, 0.29) is 30.0 Å². The number of carbonyl (C=O) groups is 1. The summed E-state index contributed by atoms with van der Waals surface area (Å²) in [6.45, 7) is 1.85. The molecule has 3 aromatic carbocycles. The second-order valence-corrected chi connectivity index (χ2v) is 7.98. The largest absolute Gasteiger partial charge is 0.497 e. The van der Waals surface area contributed by atoms with Crippen molar-refractivity contribution in [1.29, 1.82) is 0 Å². The first kappa shape index (κ1) is 23.2. The number of aryl methyl sites for hydroxylation is 1. The number of carbonyl (C=O) groups excluding carboxylic acids is 1. The summed E-state index contributed by atoms with van der Waals surface area (Å²) < 4.78 is 34.0. The van der Waals surface area contributed by atoms with E-state index in [1.165, 1.54) is 24.3 Å². The number of benzene rings is 3. The van der Waals surface area contributed by atoms with Crippen LogP contribution in [0.4, 0.5) is 8.78 Å². The quantitative estimate of drug-likeness (QED) is 0.370. The predicted molar refractivity (Wildman–Crippen MR) is 127 cm³/mol. The average Bonchev–Trinajstić information content (AvgIpc) is 3.27. The van der Waals surface area contributed by atoms with E-state index in [1.54, 1.807) is 30.0 Å². The standard InChI is InChI=1S/C27H25F2N3O2/c1-18(19-6-8-21(28)9-7-19)30-27(33)15-10-23-17-26(20-4-3-5-22(29)16-20)32(31-23)24-11-13-25(34-2)14-12-24/h3-9,11-14,16-18H,10,15H2,1-2H3,(H,30,33). The highest BCUT2D eigenvalue weighted by molar-refractivity contribution is 5.76. The zero-order chi connectivity index (χ0) is 24.1. The third kappa shape index (κ3) is 5.49. The summed E-state index contributed by atoms with van der Waals surface area (Å²) in [6, 6.07) is 21.4. The van der Waals surface area contributed by atoms with Gasteiger partial charge < -0.3 is 10.1 Å². The molecule has 0 radical (unpaired) electrons. The second kappa shape index (κ2) is 10.3. The van der Waals surface area contributed by atoms with Crippen molar-refractivity contribution in [3.05, 3.63) is 102 Å². The second-order valence-electron chi connectivity index (χ2n) is 7.98. The predicted octanol–water partition coefficient (Wildman–Crippen LogP) is 5.64. The molecule has 0 fully saturated rings. The SMILES string of the molecule is COc1ccc(-n2nc(CCC(=O)NC(C)c3ccc(F)cc3)cc2-c2cccc(F)c2)cc1. The van der Waals surface area contributed by atoms with Crippen LogP contribution in [0.3, 0.4) is 0 Å². The maximum absolute atomic E-state index is 13.9. The maximum atomic E-state index is 13.9. The van der Waals surface area contributed by atoms with E-state index in [0.717, 1.165) is 22.7 Å². The highest BCUT2D eigenvalue weighted by atomic mass is 19.1. The smallest absolute Gasteiger partial charge is 0.220 e. The Morgan fingerprint density at radius 2 is 1.74 bits per heavy atom. The van der Waals surface area contributed by atoms with E-state index < -0.39 is 0 Å². The normalized spacial score (nSPS) is 11.8. The average molecular weight is 462 g/mol. The topological polar surface area (TPSA) is 56.2 Å². The molecule has 34 heavy (non-hydrogen) atoms. The Balaban J connectivity index is 1.52. The summed E-state index contributed by atoms with van der Waals surface area (Å²) in [6.07, 6.45) is 0.640. The number of aromatic nitrogens is 2. The minimum atomic E-state index is -0.337. The summed E-state index contributed by atoms with van der Waals surface area (Å²) in [5.41, 5.74) is 3.73. The number of ether oxygens (including phenoxy) is 1. The number of amides is 1. The number of nitrogens with zero attached hydrogens (tertiary/aromatic N) is 2. The van der Waals surface area contributed by atoms with Gasteiger partial charge in [0.2, 0.25) is 5.91 Å². The molecule has 5 nitrogen and oxygen atoms in total. The molecule has 1 heterocycles. The monoisotopic (exact) mass is 461 g/mol. The summed E-state index contributed by atoms with van der Waals surface area (Å²) in [5, 5.41) is 7.62. The van der Waals surface area contributed by atoms with E-state index in [9.17, 15) is 13.6 Å². The van der Waals surface area contributed by atoms with Gasteiger partial charge in [-0.2, -0.15) is 5.10 Å². The van der Waals surface area contributed by atoms with E-state index >= 15 is 0 Å². The molecule has 0 bridgehead atoms. The third-order valence-corrected chi connectivity index (χ3v) is 5.55. The van der Waals surface area contributed by atoms with Crippen molar-refractivity contribution in [3.8, 4) is 22.7 Å². The van der Waals surface area contributed by atoms with Crippen LogP contribution in [-0.4, -0.2) is 22.8 Å². The molecular formula is C27H25F2N3O2. The Morgan fingerprint density at radius 3 is 2.41 bits per heavy atom. The fraction of sp³-hybridized carbons (Fsp3) is 0.185. The van der Waals surface area contributed by atoms with Gasteiger partial charge in [-0.3, -0.25) is 4.79 Å². The Hall–Kier alpha value is -4.00. The lowest BCUT2D eigenvalue weighted by molar-refractivity contribution is -0.121. The van der Waals surface area contributed by atoms with Crippen molar-refractivity contribution in [2.45, 2.75) is 25.8 Å². The molecule has 0 aliphatic carbocycles. The van der Waals surface area contributed by atoms with Crippen LogP contribution in [0.5, 0.6) is 5.75 Å². The van der Waals surface area contributed by atoms with Crippen molar-refractivity contribution in [2.24, 2.45) is 0 Å². The molecule has 4 rings (SSSR count). The molecule has 1 N–H and O–H groups in total. The van der Waals surface area contributed by atoms with Crippen LogP contribution in [0.25, 0.3) is 16.9 Å². The number of halogens is 2. The summed E-state index contributed by atoms with van der Waals surface area (Å²) in [7, 11) is 1.60. The van der Waals surface area contributed by atoms with Crippen LogP contribution in [0, 0.1) is 11.6 Å². The number of rotatable bonds is 8. The molecule has 1 aromatic heterocycles. The number of methoxy groups -OCH3 is 1. The first-order chi connectivity index (χ1) is 16.4. The van der Waals surface area contributed by atoms with Gasteiger partial charge in [-0.15, -0.1) is 0 Å². The summed E-state index contributed by atoms with van der Waals surface area (Å²) >= 11 is 0. The van der Waals surface area contributed by atoms with E-state index in [4.69, 9.17) is 9.84 Å². The molecule has 0 saturated heterocycles. The van der Waals surface area contributed by atoms with Crippen LogP contribution < -0.4 is 10.1 Å². The summed E-state index contributed by atoms with van der Waals surface area (Å²) in [4.78, 5) is 12.5. The van der Waals surface area contributed by atoms with Gasteiger partial charge in [0.1, 0.15) is 17.4 Å². The van der Waals surface area contributed by atoms with Gasteiger partial charge in [-0.1, -0.05) is 24.3 Å². The van der Waals surface area contributed by atoms with Crippen molar-refractivity contribution in [2.75, 3.05) is 7.11 Å². The minimum Gasteiger partial charge on any atom is -0.497 e. The molecule has 0 aliphatic rings. The highest BCUT2D eigenvalue weighted by Crippen LogP contribution is 2.26. The van der Waals surface area contributed by atoms with Gasteiger partial charge in [0.25, 0.3) is 0 Å². The molecule has 7 heteroatoms. The van der Waals surface area contributed by atoms with Crippen molar-refractivity contribution >= 4 is 5.91 Å². The van der Waals surface area contributed by atoms with Gasteiger partial charge >= 0.3 is 0 Å². The lowest BCUT2D eigenvalue weighted by Crippen LogP contribution is -2.26. The van der Waals surface area contributed by atoms with E-state index in [2.05, 4.69) is 5.32 Å². The van der Waals surface area contributed by atoms with Gasteiger partial charge in [-0.05, 0) is 67.1 Å².